The lowest BCUT2D eigenvalue weighted by atomic mass is 10.3. The fraction of sp³-hybridized carbons (Fsp3) is 0.909. The van der Waals surface area contributed by atoms with Gasteiger partial charge in [0.2, 0.25) is 0 Å². The van der Waals surface area contributed by atoms with E-state index in [1.54, 1.807) is 0 Å². The molecule has 0 saturated carbocycles. The standard InChI is InChI=1S/C11H24O4Si/c1-4-13-16(14-5-2,15-6-3)11-9-7-8-10-12/h10H,4-9,11H2,1-3H3. The topological polar surface area (TPSA) is 44.8 Å². The van der Waals surface area contributed by atoms with Crippen molar-refractivity contribution in [2.24, 2.45) is 0 Å². The number of rotatable bonds is 11. The third-order valence-electron chi connectivity index (χ3n) is 2.15. The van der Waals surface area contributed by atoms with E-state index in [2.05, 4.69) is 0 Å². The number of carbonyl (C=O) groups excluding carboxylic acids is 1. The van der Waals surface area contributed by atoms with Gasteiger partial charge in [-0.15, -0.1) is 0 Å². The highest BCUT2D eigenvalue weighted by Gasteiger charge is 2.39. The third kappa shape index (κ3) is 6.37. The van der Waals surface area contributed by atoms with Gasteiger partial charge >= 0.3 is 8.80 Å². The molecule has 0 unspecified atom stereocenters. The van der Waals surface area contributed by atoms with Crippen molar-refractivity contribution in [3.8, 4) is 0 Å². The van der Waals surface area contributed by atoms with E-state index in [9.17, 15) is 4.79 Å². The van der Waals surface area contributed by atoms with E-state index in [1.165, 1.54) is 0 Å². The summed E-state index contributed by atoms with van der Waals surface area (Å²) < 4.78 is 17.1. The van der Waals surface area contributed by atoms with Crippen LogP contribution in [0.4, 0.5) is 0 Å². The number of carbonyl (C=O) groups is 1. The van der Waals surface area contributed by atoms with Crippen LogP contribution >= 0.6 is 0 Å². The van der Waals surface area contributed by atoms with Crippen LogP contribution in [-0.4, -0.2) is 34.9 Å². The smallest absolute Gasteiger partial charge is 0.374 e. The largest absolute Gasteiger partial charge is 0.500 e. The molecule has 0 bridgehead atoms. The quantitative estimate of drug-likeness (QED) is 0.320. The van der Waals surface area contributed by atoms with E-state index in [1.807, 2.05) is 20.8 Å². The molecule has 96 valence electrons. The Kier molecular flexibility index (Phi) is 9.81. The predicted molar refractivity (Wildman–Crippen MR) is 65.4 cm³/mol. The number of hydrogen-bond donors (Lipinski definition) is 0. The minimum atomic E-state index is -2.46. The van der Waals surface area contributed by atoms with E-state index < -0.39 is 8.80 Å². The summed E-state index contributed by atoms with van der Waals surface area (Å²) in [5.41, 5.74) is 0. The van der Waals surface area contributed by atoms with Crippen LogP contribution in [0.3, 0.4) is 0 Å². The second-order valence-electron chi connectivity index (χ2n) is 3.39. The van der Waals surface area contributed by atoms with E-state index in [4.69, 9.17) is 13.3 Å². The van der Waals surface area contributed by atoms with Crippen molar-refractivity contribution >= 4 is 15.1 Å². The second-order valence-corrected chi connectivity index (χ2v) is 6.13. The highest BCUT2D eigenvalue weighted by atomic mass is 28.4. The molecule has 0 fully saturated rings. The molecule has 5 heteroatoms. The maximum absolute atomic E-state index is 10.2. The van der Waals surface area contributed by atoms with E-state index >= 15 is 0 Å². The highest BCUT2D eigenvalue weighted by molar-refractivity contribution is 6.60. The van der Waals surface area contributed by atoms with Crippen molar-refractivity contribution in [3.63, 3.8) is 0 Å². The van der Waals surface area contributed by atoms with Gasteiger partial charge in [0, 0.05) is 32.3 Å². The van der Waals surface area contributed by atoms with Gasteiger partial charge in [-0.1, -0.05) is 0 Å². The normalized spacial score (nSPS) is 11.7. The predicted octanol–water partition coefficient (Wildman–Crippen LogP) is 2.40. The second kappa shape index (κ2) is 9.96. The Hall–Kier alpha value is -0.233. The first-order valence-corrected chi connectivity index (χ1v) is 8.03. The first-order chi connectivity index (χ1) is 7.74. The zero-order valence-corrected chi connectivity index (χ0v) is 11.7. The number of unbranched alkanes of at least 4 members (excludes halogenated alkanes) is 2. The molecule has 0 saturated heterocycles. The molecule has 0 aliphatic carbocycles. The van der Waals surface area contributed by atoms with Crippen LogP contribution in [-0.2, 0) is 18.1 Å². The van der Waals surface area contributed by atoms with Crippen molar-refractivity contribution < 1.29 is 18.1 Å². The summed E-state index contributed by atoms with van der Waals surface area (Å²) in [4.78, 5) is 10.2. The zero-order chi connectivity index (χ0) is 12.3. The van der Waals surface area contributed by atoms with Gasteiger partial charge in [0.15, 0.2) is 0 Å². The van der Waals surface area contributed by atoms with Crippen molar-refractivity contribution in [1.29, 1.82) is 0 Å². The Morgan fingerprint density at radius 2 is 1.44 bits per heavy atom. The van der Waals surface area contributed by atoms with E-state index in [0.29, 0.717) is 26.2 Å². The lowest BCUT2D eigenvalue weighted by Crippen LogP contribution is -2.45. The van der Waals surface area contributed by atoms with E-state index in [0.717, 1.165) is 25.2 Å². The molecule has 0 rings (SSSR count). The molecular weight excluding hydrogens is 224 g/mol. The maximum atomic E-state index is 10.2. The van der Waals surface area contributed by atoms with Gasteiger partial charge in [-0.3, -0.25) is 0 Å². The minimum absolute atomic E-state index is 0.606. The minimum Gasteiger partial charge on any atom is -0.374 e. The Morgan fingerprint density at radius 3 is 1.81 bits per heavy atom. The lowest BCUT2D eigenvalue weighted by molar-refractivity contribution is -0.107. The summed E-state index contributed by atoms with van der Waals surface area (Å²) in [5, 5.41) is 0. The average molecular weight is 248 g/mol. The van der Waals surface area contributed by atoms with Crippen LogP contribution < -0.4 is 0 Å². The Labute approximate surface area is 99.6 Å². The van der Waals surface area contributed by atoms with Gasteiger partial charge in [-0.05, 0) is 33.6 Å². The first kappa shape index (κ1) is 15.8. The number of hydrogen-bond acceptors (Lipinski definition) is 4. The lowest BCUT2D eigenvalue weighted by Gasteiger charge is -2.28. The third-order valence-corrected chi connectivity index (χ3v) is 5.30. The first-order valence-electron chi connectivity index (χ1n) is 6.10. The van der Waals surface area contributed by atoms with Gasteiger partial charge in [0.25, 0.3) is 0 Å². The molecule has 0 aromatic heterocycles. The fourth-order valence-corrected chi connectivity index (χ4v) is 4.26. The molecular formula is C11H24O4Si. The summed E-state index contributed by atoms with van der Waals surface area (Å²) in [6, 6.07) is 0.802. The Morgan fingerprint density at radius 1 is 0.938 bits per heavy atom. The van der Waals surface area contributed by atoms with Crippen LogP contribution in [0.25, 0.3) is 0 Å². The molecule has 0 spiro atoms. The monoisotopic (exact) mass is 248 g/mol. The molecule has 16 heavy (non-hydrogen) atoms. The number of aldehydes is 1. The van der Waals surface area contributed by atoms with Crippen molar-refractivity contribution in [2.75, 3.05) is 19.8 Å². The van der Waals surface area contributed by atoms with Crippen molar-refractivity contribution in [3.05, 3.63) is 0 Å². The average Bonchev–Trinajstić information content (AvgIpc) is 2.26. The van der Waals surface area contributed by atoms with Gasteiger partial charge < -0.3 is 18.1 Å². The molecule has 0 radical (unpaired) electrons. The summed E-state index contributed by atoms with van der Waals surface area (Å²) in [7, 11) is -2.46. The summed E-state index contributed by atoms with van der Waals surface area (Å²) >= 11 is 0. The van der Waals surface area contributed by atoms with Crippen LogP contribution in [0, 0.1) is 0 Å². The van der Waals surface area contributed by atoms with Crippen LogP contribution in [0.1, 0.15) is 40.0 Å². The molecule has 0 heterocycles. The van der Waals surface area contributed by atoms with Gasteiger partial charge in [-0.25, -0.2) is 0 Å². The SMILES string of the molecule is CCO[Si](CCCCC=O)(OCC)OCC. The molecule has 0 aromatic carbocycles. The Bertz CT molecular complexity index is 158. The van der Waals surface area contributed by atoms with E-state index in [-0.39, 0.29) is 0 Å². The summed E-state index contributed by atoms with van der Waals surface area (Å²) in [6.07, 6.45) is 3.36. The maximum Gasteiger partial charge on any atom is 0.500 e. The highest BCUT2D eigenvalue weighted by Crippen LogP contribution is 2.19. The van der Waals surface area contributed by atoms with Gasteiger partial charge in [0.05, 0.1) is 0 Å². The van der Waals surface area contributed by atoms with Crippen molar-refractivity contribution in [2.45, 2.75) is 46.1 Å². The van der Waals surface area contributed by atoms with Crippen LogP contribution in [0.5, 0.6) is 0 Å². The molecule has 0 aliphatic heterocycles. The molecule has 0 aliphatic rings. The van der Waals surface area contributed by atoms with Crippen LogP contribution in [0.2, 0.25) is 6.04 Å². The Balaban J connectivity index is 4.17. The van der Waals surface area contributed by atoms with Gasteiger partial charge in [0.1, 0.15) is 6.29 Å². The molecule has 4 nitrogen and oxygen atoms in total. The molecule has 0 atom stereocenters. The summed E-state index contributed by atoms with van der Waals surface area (Å²) in [5.74, 6) is 0. The zero-order valence-electron chi connectivity index (χ0n) is 10.7. The van der Waals surface area contributed by atoms with Crippen LogP contribution in [0.15, 0.2) is 0 Å². The molecule has 0 aromatic rings. The van der Waals surface area contributed by atoms with Gasteiger partial charge in [-0.2, -0.15) is 0 Å². The molecule has 0 amide bonds. The van der Waals surface area contributed by atoms with Crippen molar-refractivity contribution in [1.82, 2.24) is 0 Å². The summed E-state index contributed by atoms with van der Waals surface area (Å²) in [6.45, 7) is 7.68. The molecule has 0 N–H and O–H groups in total. The fourth-order valence-electron chi connectivity index (χ4n) is 1.57.